The molecule has 26 heavy (non-hydrogen) atoms. The van der Waals surface area contributed by atoms with Crippen molar-refractivity contribution in [1.29, 1.82) is 0 Å². The highest BCUT2D eigenvalue weighted by Gasteiger charge is 2.29. The minimum Gasteiger partial charge on any atom is -0.381 e. The monoisotopic (exact) mass is 375 g/mol. The highest BCUT2D eigenvalue weighted by Crippen LogP contribution is 2.33. The number of allylic oxidation sites excluding steroid dienone is 1. The van der Waals surface area contributed by atoms with Crippen LogP contribution in [-0.4, -0.2) is 37.2 Å². The van der Waals surface area contributed by atoms with Crippen LogP contribution in [0.2, 0.25) is 5.02 Å². The van der Waals surface area contributed by atoms with Gasteiger partial charge in [-0.3, -0.25) is 4.90 Å². The predicted molar refractivity (Wildman–Crippen MR) is 111 cm³/mol. The van der Waals surface area contributed by atoms with E-state index in [-0.39, 0.29) is 0 Å². The molecule has 0 radical (unpaired) electrons. The number of nitrogens with zero attached hydrogens (tertiary/aromatic N) is 1. The number of likely N-dealkylation sites (tertiary alicyclic amines) is 1. The number of aryl methyl sites for hydroxylation is 1. The van der Waals surface area contributed by atoms with Crippen LogP contribution in [0.15, 0.2) is 35.9 Å². The van der Waals surface area contributed by atoms with Crippen molar-refractivity contribution < 1.29 is 4.74 Å². The van der Waals surface area contributed by atoms with Gasteiger partial charge in [-0.05, 0) is 95.0 Å². The van der Waals surface area contributed by atoms with Gasteiger partial charge in [-0.25, -0.2) is 0 Å². The topological polar surface area (TPSA) is 12.5 Å². The van der Waals surface area contributed by atoms with Gasteiger partial charge in [0.15, 0.2) is 0 Å². The normalized spacial score (nSPS) is 21.5. The summed E-state index contributed by atoms with van der Waals surface area (Å²) in [5.74, 6) is 1.82. The molecule has 1 aromatic carbocycles. The molecule has 2 fully saturated rings. The van der Waals surface area contributed by atoms with Crippen LogP contribution in [0.3, 0.4) is 0 Å². The predicted octanol–water partition coefficient (Wildman–Crippen LogP) is 5.75. The van der Waals surface area contributed by atoms with E-state index in [0.717, 1.165) is 36.5 Å². The molecule has 2 nitrogen and oxygen atoms in total. The van der Waals surface area contributed by atoms with Crippen molar-refractivity contribution in [2.24, 2.45) is 11.8 Å². The van der Waals surface area contributed by atoms with Gasteiger partial charge in [0, 0.05) is 24.3 Å². The molecule has 0 amide bonds. The summed E-state index contributed by atoms with van der Waals surface area (Å²) >= 11 is 6.02. The SMILES string of the molecule is CC(C)=CC(CCc1ccc(Cl)cc1)N1CCC(C2CCOCC2)CC1. The first-order chi connectivity index (χ1) is 12.6. The smallest absolute Gasteiger partial charge is 0.0468 e. The van der Waals surface area contributed by atoms with Crippen LogP contribution in [0.1, 0.15) is 51.5 Å². The van der Waals surface area contributed by atoms with Gasteiger partial charge in [-0.1, -0.05) is 35.4 Å². The minimum atomic E-state index is 0.561. The summed E-state index contributed by atoms with van der Waals surface area (Å²) < 4.78 is 5.55. The Hall–Kier alpha value is -0.830. The maximum Gasteiger partial charge on any atom is 0.0468 e. The van der Waals surface area contributed by atoms with Gasteiger partial charge in [0.2, 0.25) is 0 Å². The van der Waals surface area contributed by atoms with Crippen LogP contribution in [0.4, 0.5) is 0 Å². The highest BCUT2D eigenvalue weighted by atomic mass is 35.5. The Balaban J connectivity index is 1.54. The largest absolute Gasteiger partial charge is 0.381 e. The van der Waals surface area contributed by atoms with Crippen molar-refractivity contribution in [2.45, 2.75) is 58.4 Å². The van der Waals surface area contributed by atoms with Crippen LogP contribution >= 0.6 is 11.6 Å². The molecule has 0 N–H and O–H groups in total. The van der Waals surface area contributed by atoms with E-state index < -0.39 is 0 Å². The van der Waals surface area contributed by atoms with Gasteiger partial charge >= 0.3 is 0 Å². The van der Waals surface area contributed by atoms with Gasteiger partial charge in [0.1, 0.15) is 0 Å². The standard InChI is InChI=1S/C23H34ClNO/c1-18(2)17-23(8-5-19-3-6-22(24)7-4-19)25-13-9-20(10-14-25)21-11-15-26-16-12-21/h3-4,6-7,17,20-21,23H,5,8-16H2,1-2H3. The Morgan fingerprint density at radius 3 is 2.31 bits per heavy atom. The molecule has 1 unspecified atom stereocenters. The Labute approximate surface area is 164 Å². The summed E-state index contributed by atoms with van der Waals surface area (Å²) in [6, 6.07) is 8.91. The van der Waals surface area contributed by atoms with Crippen molar-refractivity contribution in [3.63, 3.8) is 0 Å². The van der Waals surface area contributed by atoms with Crippen molar-refractivity contribution in [3.05, 3.63) is 46.5 Å². The van der Waals surface area contributed by atoms with E-state index in [1.807, 2.05) is 12.1 Å². The molecule has 0 aliphatic carbocycles. The number of rotatable bonds is 6. The second kappa shape index (κ2) is 9.92. The molecule has 3 rings (SSSR count). The Morgan fingerprint density at radius 1 is 1.08 bits per heavy atom. The fraction of sp³-hybridized carbons (Fsp3) is 0.652. The zero-order valence-electron chi connectivity index (χ0n) is 16.4. The molecule has 1 atom stereocenters. The van der Waals surface area contributed by atoms with E-state index in [0.29, 0.717) is 6.04 Å². The molecule has 144 valence electrons. The zero-order valence-corrected chi connectivity index (χ0v) is 17.2. The molecule has 2 saturated heterocycles. The average Bonchev–Trinajstić information content (AvgIpc) is 2.67. The lowest BCUT2D eigenvalue weighted by Crippen LogP contribution is -2.42. The lowest BCUT2D eigenvalue weighted by molar-refractivity contribution is 0.0270. The Morgan fingerprint density at radius 2 is 1.69 bits per heavy atom. The van der Waals surface area contributed by atoms with E-state index in [1.165, 1.54) is 56.3 Å². The summed E-state index contributed by atoms with van der Waals surface area (Å²) in [6.45, 7) is 8.90. The van der Waals surface area contributed by atoms with E-state index in [1.54, 1.807) is 0 Å². The summed E-state index contributed by atoms with van der Waals surface area (Å²) in [4.78, 5) is 2.72. The Bertz CT molecular complexity index is 564. The van der Waals surface area contributed by atoms with E-state index in [9.17, 15) is 0 Å². The number of hydrogen-bond acceptors (Lipinski definition) is 2. The van der Waals surface area contributed by atoms with Crippen LogP contribution in [-0.2, 0) is 11.2 Å². The van der Waals surface area contributed by atoms with Crippen molar-refractivity contribution >= 4 is 11.6 Å². The second-order valence-corrected chi connectivity index (χ2v) is 8.74. The molecule has 2 aliphatic heterocycles. The molecule has 2 heterocycles. The van der Waals surface area contributed by atoms with E-state index in [2.05, 4.69) is 37.0 Å². The number of benzene rings is 1. The molecule has 0 bridgehead atoms. The lowest BCUT2D eigenvalue weighted by Gasteiger charge is -2.40. The van der Waals surface area contributed by atoms with Crippen molar-refractivity contribution in [1.82, 2.24) is 4.90 Å². The summed E-state index contributed by atoms with van der Waals surface area (Å²) in [6.07, 6.45) is 10.1. The fourth-order valence-corrected chi connectivity index (χ4v) is 4.76. The number of piperidine rings is 1. The molecular weight excluding hydrogens is 342 g/mol. The van der Waals surface area contributed by atoms with Crippen LogP contribution in [0, 0.1) is 11.8 Å². The van der Waals surface area contributed by atoms with Crippen molar-refractivity contribution in [2.75, 3.05) is 26.3 Å². The zero-order chi connectivity index (χ0) is 18.4. The third kappa shape index (κ3) is 5.84. The Kier molecular flexibility index (Phi) is 7.60. The average molecular weight is 376 g/mol. The van der Waals surface area contributed by atoms with Crippen LogP contribution in [0.25, 0.3) is 0 Å². The maximum absolute atomic E-state index is 6.02. The molecule has 1 aromatic rings. The van der Waals surface area contributed by atoms with Crippen LogP contribution < -0.4 is 0 Å². The highest BCUT2D eigenvalue weighted by molar-refractivity contribution is 6.30. The molecule has 3 heteroatoms. The fourth-order valence-electron chi connectivity index (χ4n) is 4.63. The first-order valence-corrected chi connectivity index (χ1v) is 10.7. The van der Waals surface area contributed by atoms with Gasteiger partial charge in [-0.2, -0.15) is 0 Å². The number of hydrogen-bond donors (Lipinski definition) is 0. The summed E-state index contributed by atoms with van der Waals surface area (Å²) in [5.41, 5.74) is 2.82. The molecular formula is C23H34ClNO. The maximum atomic E-state index is 6.02. The van der Waals surface area contributed by atoms with Gasteiger partial charge in [-0.15, -0.1) is 0 Å². The lowest BCUT2D eigenvalue weighted by atomic mass is 9.79. The van der Waals surface area contributed by atoms with Gasteiger partial charge in [0.05, 0.1) is 0 Å². The number of halogens is 1. The van der Waals surface area contributed by atoms with Gasteiger partial charge < -0.3 is 4.74 Å². The minimum absolute atomic E-state index is 0.561. The number of ether oxygens (including phenoxy) is 1. The first-order valence-electron chi connectivity index (χ1n) is 10.3. The third-order valence-electron chi connectivity index (χ3n) is 6.14. The van der Waals surface area contributed by atoms with Gasteiger partial charge in [0.25, 0.3) is 0 Å². The van der Waals surface area contributed by atoms with Crippen molar-refractivity contribution in [3.8, 4) is 0 Å². The molecule has 0 aromatic heterocycles. The third-order valence-corrected chi connectivity index (χ3v) is 6.40. The van der Waals surface area contributed by atoms with E-state index >= 15 is 0 Å². The quantitative estimate of drug-likeness (QED) is 0.587. The second-order valence-electron chi connectivity index (χ2n) is 8.30. The summed E-state index contributed by atoms with van der Waals surface area (Å²) in [7, 11) is 0. The van der Waals surface area contributed by atoms with Crippen LogP contribution in [0.5, 0.6) is 0 Å². The van der Waals surface area contributed by atoms with E-state index in [4.69, 9.17) is 16.3 Å². The molecule has 2 aliphatic rings. The summed E-state index contributed by atoms with van der Waals surface area (Å²) in [5, 5.41) is 0.824. The molecule has 0 spiro atoms. The molecule has 0 saturated carbocycles. The first kappa shape index (κ1) is 19.9.